The van der Waals surface area contributed by atoms with E-state index in [2.05, 4.69) is 29.4 Å². The zero-order chi connectivity index (χ0) is 25.3. The van der Waals surface area contributed by atoms with E-state index >= 15 is 0 Å². The highest BCUT2D eigenvalue weighted by atomic mass is 32.2. The third-order valence-corrected chi connectivity index (χ3v) is 7.37. The van der Waals surface area contributed by atoms with Crippen molar-refractivity contribution in [1.82, 2.24) is 10.2 Å². The second-order valence-corrected chi connectivity index (χ2v) is 9.98. The third-order valence-electron chi connectivity index (χ3n) is 5.28. The number of halogens is 3. The Kier molecular flexibility index (Phi) is 10.0. The summed E-state index contributed by atoms with van der Waals surface area (Å²) < 4.78 is 49.8. The summed E-state index contributed by atoms with van der Waals surface area (Å²) in [5.41, 5.74) is -0.585. The van der Waals surface area contributed by atoms with Gasteiger partial charge in [0.25, 0.3) is 5.89 Å². The molecule has 6 nitrogen and oxygen atoms in total. The van der Waals surface area contributed by atoms with Crippen LogP contribution in [0.5, 0.6) is 0 Å². The molecule has 0 aliphatic carbocycles. The molecule has 35 heavy (non-hydrogen) atoms. The fourth-order valence-electron chi connectivity index (χ4n) is 3.25. The molecule has 0 amide bonds. The Morgan fingerprint density at radius 2 is 2.09 bits per heavy atom. The highest BCUT2D eigenvalue weighted by molar-refractivity contribution is 7.99. The Balaban J connectivity index is 1.52. The summed E-state index contributed by atoms with van der Waals surface area (Å²) in [5, 5.41) is 12.5. The summed E-state index contributed by atoms with van der Waals surface area (Å²) >= 11 is 2.89. The van der Waals surface area contributed by atoms with Crippen molar-refractivity contribution in [2.24, 2.45) is 5.92 Å². The van der Waals surface area contributed by atoms with E-state index in [1.54, 1.807) is 0 Å². The van der Waals surface area contributed by atoms with Gasteiger partial charge in [0.15, 0.2) is 0 Å². The molecule has 1 N–H and O–H groups in total. The van der Waals surface area contributed by atoms with Crippen LogP contribution in [0.3, 0.4) is 0 Å². The molecule has 3 rings (SSSR count). The number of nitrogens with zero attached hydrogens (tertiary/aromatic N) is 2. The Bertz CT molecular complexity index is 1090. The number of esters is 1. The Morgan fingerprint density at radius 1 is 1.26 bits per heavy atom. The fourth-order valence-corrected chi connectivity index (χ4v) is 5.24. The monoisotopic (exact) mass is 527 g/mol. The van der Waals surface area contributed by atoms with Crippen LogP contribution in [0.4, 0.5) is 24.9 Å². The van der Waals surface area contributed by atoms with Crippen LogP contribution in [0, 0.1) is 5.92 Å². The molecule has 1 unspecified atom stereocenters. The quantitative estimate of drug-likeness (QED) is 0.179. The zero-order valence-electron chi connectivity index (χ0n) is 19.6. The van der Waals surface area contributed by atoms with Crippen molar-refractivity contribution in [1.29, 1.82) is 0 Å². The van der Waals surface area contributed by atoms with E-state index in [1.165, 1.54) is 35.2 Å². The van der Waals surface area contributed by atoms with Gasteiger partial charge in [-0.3, -0.25) is 4.79 Å². The number of rotatable bonds is 13. The van der Waals surface area contributed by atoms with E-state index in [0.29, 0.717) is 18.3 Å². The SMILES string of the molecule is CCCCC(CC)COC(=O)CCSc1ccsc1-c1nnc(Nc2cccc(C(F)(F)F)c2)o1. The molecular weight excluding hydrogens is 499 g/mol. The number of alkyl halides is 3. The Morgan fingerprint density at radius 3 is 2.83 bits per heavy atom. The maximum Gasteiger partial charge on any atom is 0.416 e. The summed E-state index contributed by atoms with van der Waals surface area (Å²) in [4.78, 5) is 13.7. The van der Waals surface area contributed by atoms with Crippen LogP contribution in [-0.4, -0.2) is 28.5 Å². The van der Waals surface area contributed by atoms with Crippen LogP contribution >= 0.6 is 23.1 Å². The minimum atomic E-state index is -4.44. The minimum Gasteiger partial charge on any atom is -0.465 e. The average Bonchev–Trinajstić information content (AvgIpc) is 3.48. The number of hydrogen-bond donors (Lipinski definition) is 1. The van der Waals surface area contributed by atoms with Crippen LogP contribution in [0.15, 0.2) is 45.0 Å². The van der Waals surface area contributed by atoms with Gasteiger partial charge in [-0.05, 0) is 42.0 Å². The molecule has 2 heterocycles. The van der Waals surface area contributed by atoms with Crippen molar-refractivity contribution in [2.45, 2.75) is 57.0 Å². The molecule has 0 saturated heterocycles. The highest BCUT2D eigenvalue weighted by Gasteiger charge is 2.30. The molecule has 0 fully saturated rings. The van der Waals surface area contributed by atoms with Crippen LogP contribution in [0.1, 0.15) is 51.5 Å². The van der Waals surface area contributed by atoms with E-state index in [9.17, 15) is 18.0 Å². The summed E-state index contributed by atoms with van der Waals surface area (Å²) in [6.45, 7) is 4.73. The molecule has 0 radical (unpaired) electrons. The maximum atomic E-state index is 12.9. The highest BCUT2D eigenvalue weighted by Crippen LogP contribution is 2.37. The van der Waals surface area contributed by atoms with Gasteiger partial charge in [-0.1, -0.05) is 44.3 Å². The number of hydrogen-bond acceptors (Lipinski definition) is 8. The van der Waals surface area contributed by atoms with Gasteiger partial charge in [-0.2, -0.15) is 13.2 Å². The number of thiophene rings is 1. The lowest BCUT2D eigenvalue weighted by molar-refractivity contribution is -0.144. The lowest BCUT2D eigenvalue weighted by Crippen LogP contribution is -2.14. The number of aromatic nitrogens is 2. The van der Waals surface area contributed by atoms with E-state index in [0.717, 1.165) is 47.6 Å². The van der Waals surface area contributed by atoms with E-state index in [4.69, 9.17) is 9.15 Å². The summed E-state index contributed by atoms with van der Waals surface area (Å²) in [5.74, 6) is 0.986. The van der Waals surface area contributed by atoms with E-state index < -0.39 is 11.7 Å². The largest absolute Gasteiger partial charge is 0.465 e. The first kappa shape index (κ1) is 27.1. The van der Waals surface area contributed by atoms with Gasteiger partial charge in [0.05, 0.1) is 18.6 Å². The first-order valence-corrected chi connectivity index (χ1v) is 13.3. The molecule has 0 spiro atoms. The van der Waals surface area contributed by atoms with Gasteiger partial charge in [0.2, 0.25) is 0 Å². The number of ether oxygens (including phenoxy) is 1. The molecule has 2 aromatic heterocycles. The fraction of sp³-hybridized carbons (Fsp3) is 0.458. The van der Waals surface area contributed by atoms with Crippen molar-refractivity contribution < 1.29 is 27.1 Å². The molecule has 0 bridgehead atoms. The van der Waals surface area contributed by atoms with Crippen LogP contribution < -0.4 is 5.32 Å². The van der Waals surface area contributed by atoms with Crippen LogP contribution in [-0.2, 0) is 15.7 Å². The Hall–Kier alpha value is -2.53. The van der Waals surface area contributed by atoms with Gasteiger partial charge in [0.1, 0.15) is 4.88 Å². The van der Waals surface area contributed by atoms with Crippen molar-refractivity contribution in [3.8, 4) is 10.8 Å². The van der Waals surface area contributed by atoms with Gasteiger partial charge in [0, 0.05) is 16.3 Å². The summed E-state index contributed by atoms with van der Waals surface area (Å²) in [6, 6.07) is 6.64. The number of nitrogens with one attached hydrogen (secondary N) is 1. The molecule has 11 heteroatoms. The standard InChI is InChI=1S/C24H28F3N3O3S2/c1-3-5-7-16(4-2)15-32-20(31)11-13-34-19-10-12-35-21(19)22-29-30-23(33-22)28-18-9-6-8-17(14-18)24(25,26)27/h6,8-10,12,14,16H,3-5,7,11,13,15H2,1-2H3,(H,28,30). The Labute approximate surface area is 210 Å². The van der Waals surface area contributed by atoms with E-state index in [-0.39, 0.29) is 30.0 Å². The van der Waals surface area contributed by atoms with Gasteiger partial charge in [-0.25, -0.2) is 0 Å². The predicted molar refractivity (Wildman–Crippen MR) is 132 cm³/mol. The molecule has 0 saturated carbocycles. The third kappa shape index (κ3) is 8.28. The topological polar surface area (TPSA) is 77.2 Å². The zero-order valence-corrected chi connectivity index (χ0v) is 21.2. The van der Waals surface area contributed by atoms with Crippen molar-refractivity contribution in [3.05, 3.63) is 41.3 Å². The average molecular weight is 528 g/mol. The minimum absolute atomic E-state index is 0.0131. The normalized spacial score (nSPS) is 12.5. The second-order valence-electron chi connectivity index (χ2n) is 7.93. The molecule has 190 valence electrons. The van der Waals surface area contributed by atoms with Crippen molar-refractivity contribution >= 4 is 40.8 Å². The molecule has 0 aliphatic heterocycles. The van der Waals surface area contributed by atoms with Crippen molar-refractivity contribution in [2.75, 3.05) is 17.7 Å². The lowest BCUT2D eigenvalue weighted by atomic mass is 10.0. The summed E-state index contributed by atoms with van der Waals surface area (Å²) in [6.07, 6.45) is 0.181. The first-order valence-electron chi connectivity index (χ1n) is 11.4. The van der Waals surface area contributed by atoms with Gasteiger partial charge >= 0.3 is 18.2 Å². The number of thioether (sulfide) groups is 1. The predicted octanol–water partition coefficient (Wildman–Crippen LogP) is 7.80. The molecule has 3 aromatic rings. The van der Waals surface area contributed by atoms with Crippen LogP contribution in [0.2, 0.25) is 0 Å². The number of carbonyl (C=O) groups excluding carboxylic acids is 1. The van der Waals surface area contributed by atoms with Crippen LogP contribution in [0.25, 0.3) is 10.8 Å². The van der Waals surface area contributed by atoms with Gasteiger partial charge < -0.3 is 14.5 Å². The number of carbonyl (C=O) groups is 1. The second kappa shape index (κ2) is 13.0. The number of benzene rings is 1. The summed E-state index contributed by atoms with van der Waals surface area (Å²) in [7, 11) is 0. The van der Waals surface area contributed by atoms with Crippen molar-refractivity contribution in [3.63, 3.8) is 0 Å². The molecule has 0 aliphatic rings. The van der Waals surface area contributed by atoms with Gasteiger partial charge in [-0.15, -0.1) is 28.2 Å². The number of unbranched alkanes of at least 4 members (excludes halogenated alkanes) is 1. The molecule has 1 aromatic carbocycles. The number of anilines is 2. The molecular formula is C24H28F3N3O3S2. The lowest BCUT2D eigenvalue weighted by Gasteiger charge is -2.14. The smallest absolute Gasteiger partial charge is 0.416 e. The first-order chi connectivity index (χ1) is 16.8. The maximum absolute atomic E-state index is 12.9. The molecule has 1 atom stereocenters. The van der Waals surface area contributed by atoms with E-state index in [1.807, 2.05) is 11.4 Å².